The molecule has 1 aromatic heterocycles. The summed E-state index contributed by atoms with van der Waals surface area (Å²) in [5.74, 6) is 2.54. The predicted octanol–water partition coefficient (Wildman–Crippen LogP) is 3.59. The first kappa shape index (κ1) is 13.7. The highest BCUT2D eigenvalue weighted by Crippen LogP contribution is 2.37. The second-order valence-electron chi connectivity index (χ2n) is 4.97. The van der Waals surface area contributed by atoms with Gasteiger partial charge in [-0.2, -0.15) is 10.2 Å². The molecule has 3 rings (SSSR count). The number of rotatable bonds is 6. The van der Waals surface area contributed by atoms with E-state index in [1.807, 2.05) is 18.2 Å². The minimum absolute atomic E-state index is 0.0398. The van der Waals surface area contributed by atoms with Gasteiger partial charge in [0, 0.05) is 31.4 Å². The van der Waals surface area contributed by atoms with Crippen LogP contribution in [0.5, 0.6) is 0 Å². The summed E-state index contributed by atoms with van der Waals surface area (Å²) in [5.41, 5.74) is 3.06. The fourth-order valence-electron chi connectivity index (χ4n) is 2.14. The molecule has 0 aliphatic carbocycles. The van der Waals surface area contributed by atoms with E-state index in [9.17, 15) is 4.79 Å². The van der Waals surface area contributed by atoms with E-state index in [0.29, 0.717) is 19.3 Å². The fourth-order valence-corrected chi connectivity index (χ4v) is 2.80. The Morgan fingerprint density at radius 2 is 2.24 bits per heavy atom. The summed E-state index contributed by atoms with van der Waals surface area (Å²) in [7, 11) is 0. The van der Waals surface area contributed by atoms with Gasteiger partial charge in [-0.1, -0.05) is 0 Å². The molecule has 1 aliphatic heterocycles. The van der Waals surface area contributed by atoms with Gasteiger partial charge >= 0.3 is 0 Å². The lowest BCUT2D eigenvalue weighted by atomic mass is 10.0. The molecule has 1 aliphatic rings. The summed E-state index contributed by atoms with van der Waals surface area (Å²) in [6.45, 7) is 0. The Balaban J connectivity index is 1.53. The first-order valence-electron chi connectivity index (χ1n) is 6.71. The van der Waals surface area contributed by atoms with Crippen LogP contribution in [0.15, 0.2) is 33.9 Å². The topological polar surface area (TPSA) is 66.7 Å². The number of nitrogens with zero attached hydrogens (tertiary/aromatic N) is 3. The molecule has 21 heavy (non-hydrogen) atoms. The van der Waals surface area contributed by atoms with E-state index < -0.39 is 5.66 Å². The number of amides is 1. The Kier molecular flexibility index (Phi) is 3.67. The van der Waals surface area contributed by atoms with Gasteiger partial charge in [-0.15, -0.1) is 23.7 Å². The molecule has 1 amide bonds. The third kappa shape index (κ3) is 3.26. The van der Waals surface area contributed by atoms with Gasteiger partial charge in [-0.3, -0.25) is 4.79 Å². The molecule has 0 fully saturated rings. The van der Waals surface area contributed by atoms with Crippen molar-refractivity contribution in [1.82, 2.24) is 4.98 Å². The summed E-state index contributed by atoms with van der Waals surface area (Å²) in [6.07, 6.45) is 7.59. The third-order valence-electron chi connectivity index (χ3n) is 3.42. The number of fused-ring (bicyclic) bond motifs is 1. The van der Waals surface area contributed by atoms with Crippen LogP contribution in [0.1, 0.15) is 25.7 Å². The molecule has 2 heterocycles. The number of carbonyl (C=O) groups is 1. The van der Waals surface area contributed by atoms with Crippen molar-refractivity contribution in [2.75, 3.05) is 5.32 Å². The van der Waals surface area contributed by atoms with E-state index in [0.717, 1.165) is 22.3 Å². The number of terminal acetylenes is 1. The molecule has 0 radical (unpaired) electrons. The van der Waals surface area contributed by atoms with E-state index in [4.69, 9.17) is 6.42 Å². The zero-order valence-corrected chi connectivity index (χ0v) is 12.2. The van der Waals surface area contributed by atoms with E-state index in [1.54, 1.807) is 16.8 Å². The summed E-state index contributed by atoms with van der Waals surface area (Å²) in [6, 6.07) is 5.73. The van der Waals surface area contributed by atoms with Gasteiger partial charge in [0.25, 0.3) is 0 Å². The molecule has 5 nitrogen and oxygen atoms in total. The van der Waals surface area contributed by atoms with Crippen LogP contribution < -0.4 is 5.32 Å². The molecule has 106 valence electrons. The molecule has 0 unspecified atom stereocenters. The van der Waals surface area contributed by atoms with Crippen molar-refractivity contribution in [3.05, 3.63) is 23.7 Å². The number of anilines is 1. The lowest BCUT2D eigenvalue weighted by Gasteiger charge is -2.09. The third-order valence-corrected chi connectivity index (χ3v) is 4.23. The largest absolute Gasteiger partial charge is 0.326 e. The Hall–Kier alpha value is -2.26. The molecular weight excluding hydrogens is 284 g/mol. The number of carbonyl (C=O) groups excluding carboxylic acids is 1. The zero-order chi connectivity index (χ0) is 14.7. The van der Waals surface area contributed by atoms with Crippen molar-refractivity contribution in [2.24, 2.45) is 10.2 Å². The normalized spacial score (nSPS) is 14.8. The Bertz CT molecular complexity index is 737. The van der Waals surface area contributed by atoms with Crippen molar-refractivity contribution in [1.29, 1.82) is 0 Å². The number of thiazole rings is 1. The summed E-state index contributed by atoms with van der Waals surface area (Å²) in [5, 5.41) is 10.9. The van der Waals surface area contributed by atoms with Crippen molar-refractivity contribution in [3.63, 3.8) is 0 Å². The Morgan fingerprint density at radius 3 is 3.00 bits per heavy atom. The van der Waals surface area contributed by atoms with Crippen LogP contribution in [-0.4, -0.2) is 16.6 Å². The highest BCUT2D eigenvalue weighted by Gasteiger charge is 2.39. The number of aromatic nitrogens is 1. The average molecular weight is 298 g/mol. The van der Waals surface area contributed by atoms with Crippen LogP contribution in [0.2, 0.25) is 0 Å². The van der Waals surface area contributed by atoms with Gasteiger partial charge in [-0.05, 0) is 18.2 Å². The zero-order valence-electron chi connectivity index (χ0n) is 11.4. The molecular formula is C15H14N4OS. The lowest BCUT2D eigenvalue weighted by Crippen LogP contribution is -2.17. The monoisotopic (exact) mass is 298 g/mol. The molecule has 0 saturated heterocycles. The van der Waals surface area contributed by atoms with Gasteiger partial charge in [-0.25, -0.2) is 4.98 Å². The van der Waals surface area contributed by atoms with Gasteiger partial charge in [0.05, 0.1) is 15.7 Å². The molecule has 0 bridgehead atoms. The maximum atomic E-state index is 12.0. The number of hydrogen-bond acceptors (Lipinski definition) is 5. The first-order valence-corrected chi connectivity index (χ1v) is 7.59. The van der Waals surface area contributed by atoms with Crippen LogP contribution in [0, 0.1) is 12.3 Å². The molecule has 0 atom stereocenters. The minimum Gasteiger partial charge on any atom is -0.326 e. The van der Waals surface area contributed by atoms with Gasteiger partial charge in [0.15, 0.2) is 5.66 Å². The minimum atomic E-state index is -0.400. The second-order valence-corrected chi connectivity index (χ2v) is 5.86. The maximum Gasteiger partial charge on any atom is 0.224 e. The molecule has 1 N–H and O–H groups in total. The molecule has 0 saturated carbocycles. The fraction of sp³-hybridized carbons (Fsp3) is 0.333. The lowest BCUT2D eigenvalue weighted by molar-refractivity contribution is -0.116. The maximum absolute atomic E-state index is 12.0. The average Bonchev–Trinajstić information content (AvgIpc) is 3.11. The van der Waals surface area contributed by atoms with E-state index >= 15 is 0 Å². The van der Waals surface area contributed by atoms with Crippen LogP contribution in [0.4, 0.5) is 5.69 Å². The summed E-state index contributed by atoms with van der Waals surface area (Å²) < 4.78 is 1.11. The molecule has 2 aromatic rings. The van der Waals surface area contributed by atoms with Crippen LogP contribution in [-0.2, 0) is 4.79 Å². The van der Waals surface area contributed by atoms with Gasteiger partial charge in [0.2, 0.25) is 5.91 Å². The highest BCUT2D eigenvalue weighted by atomic mass is 32.1. The molecule has 0 spiro atoms. The summed E-state index contributed by atoms with van der Waals surface area (Å²) in [4.78, 5) is 16.2. The SMILES string of the molecule is C#CCCC1(CCC(=O)Nc2ccc3scnc3c2)N=N1. The standard InChI is InChI=1S/C15H14N4OS/c1-2-3-7-15(18-19-15)8-6-14(20)17-11-4-5-13-12(9-11)16-10-21-13/h1,4-5,9-10H,3,6-8H2,(H,17,20). The molecule has 6 heteroatoms. The van der Waals surface area contributed by atoms with Crippen LogP contribution >= 0.6 is 11.3 Å². The smallest absolute Gasteiger partial charge is 0.224 e. The quantitative estimate of drug-likeness (QED) is 0.828. The van der Waals surface area contributed by atoms with Gasteiger partial charge in [0.1, 0.15) is 0 Å². The predicted molar refractivity (Wildman–Crippen MR) is 83.1 cm³/mol. The highest BCUT2D eigenvalue weighted by molar-refractivity contribution is 7.16. The van der Waals surface area contributed by atoms with Crippen molar-refractivity contribution in [2.45, 2.75) is 31.3 Å². The van der Waals surface area contributed by atoms with Crippen molar-refractivity contribution in [3.8, 4) is 12.3 Å². The first-order chi connectivity index (χ1) is 10.2. The van der Waals surface area contributed by atoms with Crippen LogP contribution in [0.25, 0.3) is 10.2 Å². The van der Waals surface area contributed by atoms with Crippen molar-refractivity contribution < 1.29 is 4.79 Å². The number of nitrogens with one attached hydrogen (secondary N) is 1. The van der Waals surface area contributed by atoms with Crippen molar-refractivity contribution >= 4 is 33.1 Å². The summed E-state index contributed by atoms with van der Waals surface area (Å²) >= 11 is 1.58. The Labute approximate surface area is 126 Å². The molecule has 1 aromatic carbocycles. The Morgan fingerprint density at radius 1 is 1.38 bits per heavy atom. The van der Waals surface area contributed by atoms with Crippen LogP contribution in [0.3, 0.4) is 0 Å². The van der Waals surface area contributed by atoms with Gasteiger partial charge < -0.3 is 5.32 Å². The van der Waals surface area contributed by atoms with E-state index in [1.165, 1.54) is 0 Å². The van der Waals surface area contributed by atoms with E-state index in [2.05, 4.69) is 26.4 Å². The van der Waals surface area contributed by atoms with E-state index in [-0.39, 0.29) is 5.91 Å². The number of hydrogen-bond donors (Lipinski definition) is 1. The second kappa shape index (κ2) is 5.62. The number of benzene rings is 1.